The van der Waals surface area contributed by atoms with E-state index < -0.39 is 45.0 Å². The third-order valence-electron chi connectivity index (χ3n) is 9.17. The van der Waals surface area contributed by atoms with E-state index in [0.29, 0.717) is 0 Å². The molecule has 0 amide bonds. The summed E-state index contributed by atoms with van der Waals surface area (Å²) in [5, 5.41) is 40.2. The molecular formula is C42H102N18P6. The van der Waals surface area contributed by atoms with Crippen LogP contribution in [0.5, 0.6) is 0 Å². The SMILES string of the molecule is CC(C)(C)NP1(NC(C)(C)C)=NP(NC(C)(C)C)(NC(C)(C)C)=NP2(=N1)NCCCN2CCCCN1CCCNP12=NP(NC(C)(C)C)(NC(C)(C)C)=NP(NC(C)(C)C)(NC(C)(C)C)=N2. The van der Waals surface area contributed by atoms with Crippen molar-refractivity contribution >= 4 is 45.0 Å². The first-order valence-corrected chi connectivity index (χ1v) is 34.6. The van der Waals surface area contributed by atoms with Gasteiger partial charge in [-0.25, -0.2) is 50.0 Å². The van der Waals surface area contributed by atoms with Crippen molar-refractivity contribution in [2.45, 2.75) is 236 Å². The van der Waals surface area contributed by atoms with Gasteiger partial charge in [0, 0.05) is 83.6 Å². The maximum absolute atomic E-state index is 5.95. The van der Waals surface area contributed by atoms with Gasteiger partial charge in [-0.05, 0) is 192 Å². The maximum Gasteiger partial charge on any atom is 0.218 e. The number of nitrogens with one attached hydrogen (secondary N) is 10. The second-order valence-electron chi connectivity index (χ2n) is 27.1. The molecule has 2 unspecified atom stereocenters. The summed E-state index contributed by atoms with van der Waals surface area (Å²) in [7, 11) is -16.6. The Kier molecular flexibility index (Phi) is 18.3. The minimum Gasteiger partial charge on any atom is -0.253 e. The van der Waals surface area contributed by atoms with E-state index in [9.17, 15) is 0 Å². The van der Waals surface area contributed by atoms with Crippen LogP contribution >= 0.6 is 45.0 Å². The van der Waals surface area contributed by atoms with E-state index >= 15 is 0 Å². The molecule has 4 aliphatic heterocycles. The largest absolute Gasteiger partial charge is 0.253 e. The van der Waals surface area contributed by atoms with Gasteiger partial charge in [0.25, 0.3) is 0 Å². The summed E-state index contributed by atoms with van der Waals surface area (Å²) >= 11 is 0. The minimum atomic E-state index is -2.81. The summed E-state index contributed by atoms with van der Waals surface area (Å²) in [5.41, 5.74) is -2.12. The Hall–Kier alpha value is 0.900. The lowest BCUT2D eigenvalue weighted by Crippen LogP contribution is -2.47. The highest BCUT2D eigenvalue weighted by Crippen LogP contribution is 2.77. The molecule has 2 atom stereocenters. The maximum atomic E-state index is 5.95. The smallest absolute Gasteiger partial charge is 0.218 e. The molecule has 2 saturated heterocycles. The van der Waals surface area contributed by atoms with E-state index in [-0.39, 0.29) is 44.3 Å². The number of hydrogen-bond acceptors (Lipinski definition) is 18. The van der Waals surface area contributed by atoms with E-state index in [0.717, 1.165) is 65.0 Å². The molecule has 0 bridgehead atoms. The van der Waals surface area contributed by atoms with Gasteiger partial charge in [-0.3, -0.25) is 10.2 Å². The Morgan fingerprint density at radius 1 is 0.333 bits per heavy atom. The van der Waals surface area contributed by atoms with E-state index in [4.69, 9.17) is 27.1 Å². The number of hydrogen-bond donors (Lipinski definition) is 10. The van der Waals surface area contributed by atoms with Crippen molar-refractivity contribution in [3.8, 4) is 0 Å². The van der Waals surface area contributed by atoms with Gasteiger partial charge < -0.3 is 0 Å². The van der Waals surface area contributed by atoms with Crippen molar-refractivity contribution in [2.75, 3.05) is 39.3 Å². The average Bonchev–Trinajstić information content (AvgIpc) is 2.96. The van der Waals surface area contributed by atoms with Crippen LogP contribution in [0, 0.1) is 0 Å². The molecule has 66 heavy (non-hydrogen) atoms. The van der Waals surface area contributed by atoms with Crippen molar-refractivity contribution in [1.82, 2.24) is 60.2 Å². The summed E-state index contributed by atoms with van der Waals surface area (Å²) in [5.74, 6) is 0. The van der Waals surface area contributed by atoms with Crippen LogP contribution in [0.4, 0.5) is 0 Å². The molecule has 2 spiro atoms. The number of nitrogens with zero attached hydrogens (tertiary/aromatic N) is 8. The lowest BCUT2D eigenvalue weighted by molar-refractivity contribution is 0.364. The molecule has 4 aliphatic rings. The van der Waals surface area contributed by atoms with Gasteiger partial charge >= 0.3 is 0 Å². The zero-order valence-electron chi connectivity index (χ0n) is 46.3. The fourth-order valence-electron chi connectivity index (χ4n) is 8.32. The minimum absolute atomic E-state index is 0.264. The fraction of sp³-hybridized carbons (Fsp3) is 1.00. The first kappa shape index (κ1) is 59.5. The molecule has 0 radical (unpaired) electrons. The molecule has 24 heteroatoms. The first-order valence-electron chi connectivity index (χ1n) is 24.5. The van der Waals surface area contributed by atoms with Gasteiger partial charge in [-0.2, -0.15) is 27.1 Å². The zero-order valence-corrected chi connectivity index (χ0v) is 51.7. The predicted molar refractivity (Wildman–Crippen MR) is 297 cm³/mol. The summed E-state index contributed by atoms with van der Waals surface area (Å²) in [6.07, 6.45) is 4.02. The van der Waals surface area contributed by atoms with Crippen LogP contribution in [-0.2, 0) is 0 Å². The van der Waals surface area contributed by atoms with Gasteiger partial charge in [0.15, 0.2) is 0 Å². The highest BCUT2D eigenvalue weighted by Gasteiger charge is 2.48. The Morgan fingerprint density at radius 3 is 0.758 bits per heavy atom. The highest BCUT2D eigenvalue weighted by molar-refractivity contribution is 7.84. The van der Waals surface area contributed by atoms with Crippen LogP contribution in [0.15, 0.2) is 27.1 Å². The quantitative estimate of drug-likeness (QED) is 0.0619. The summed E-state index contributed by atoms with van der Waals surface area (Å²) in [4.78, 5) is 0. The third-order valence-corrected chi connectivity index (χ3v) is 33.0. The molecule has 18 nitrogen and oxygen atoms in total. The monoisotopic (exact) mass is 1040 g/mol. The lowest BCUT2D eigenvalue weighted by atomic mass is 10.1. The summed E-state index contributed by atoms with van der Waals surface area (Å²) in [6, 6.07) is 0. The van der Waals surface area contributed by atoms with Gasteiger partial charge in [0.1, 0.15) is 0 Å². The first-order chi connectivity index (χ1) is 29.3. The molecule has 0 saturated carbocycles. The summed E-state index contributed by atoms with van der Waals surface area (Å²) < 4.78 is 40.7. The average molecular weight is 1050 g/mol. The van der Waals surface area contributed by atoms with E-state index in [1.165, 1.54) is 0 Å². The van der Waals surface area contributed by atoms with Crippen molar-refractivity contribution < 1.29 is 0 Å². The topological polar surface area (TPSA) is 201 Å². The molecule has 0 aromatic rings. The Labute approximate surface area is 406 Å². The lowest BCUT2D eigenvalue weighted by Gasteiger charge is -2.48. The second kappa shape index (κ2) is 20.3. The van der Waals surface area contributed by atoms with Crippen LogP contribution in [0.1, 0.15) is 192 Å². The Bertz CT molecular complexity index is 1760. The molecule has 390 valence electrons. The van der Waals surface area contributed by atoms with Crippen molar-refractivity contribution in [3.05, 3.63) is 0 Å². The fourth-order valence-corrected chi connectivity index (χ4v) is 36.3. The van der Waals surface area contributed by atoms with Gasteiger partial charge in [-0.15, -0.1) is 0 Å². The van der Waals surface area contributed by atoms with Gasteiger partial charge in [-0.1, -0.05) is 0 Å². The molecule has 4 rings (SSSR count). The van der Waals surface area contributed by atoms with E-state index in [1.807, 2.05) is 0 Å². The van der Waals surface area contributed by atoms with Crippen LogP contribution < -0.4 is 50.9 Å². The third kappa shape index (κ3) is 18.4. The predicted octanol–water partition coefficient (Wildman–Crippen LogP) is 13.2. The van der Waals surface area contributed by atoms with Crippen LogP contribution in [-0.4, -0.2) is 92.9 Å². The number of rotatable bonds is 13. The van der Waals surface area contributed by atoms with Crippen molar-refractivity contribution in [2.24, 2.45) is 27.1 Å². The standard InChI is InChI=1S/C42H102N18P6/c1-35(2,3)45-61(46-36(4,5)6)53-62(47-37(7,8)9,48-38(10,11)12)56-65(55-61)43-29-27-33-59(65)31-25-26-32-60-34-28-30-44-66(60)57-63(49-39(13,14)15,50-40(16,17)18)54-64(58-66,51-41(19,20)21)52-42(22,23)24/h43-52H,25-34H2,1-24H3. The normalized spacial score (nSPS) is 26.7. The highest BCUT2D eigenvalue weighted by atomic mass is 31.3. The van der Waals surface area contributed by atoms with Crippen LogP contribution in [0.2, 0.25) is 0 Å². The van der Waals surface area contributed by atoms with E-state index in [1.54, 1.807) is 0 Å². The zero-order chi connectivity index (χ0) is 50.5. The Morgan fingerprint density at radius 2 is 0.545 bits per heavy atom. The molecule has 0 aromatic heterocycles. The molecule has 0 aliphatic carbocycles. The second-order valence-corrected chi connectivity index (χ2v) is 42.0. The van der Waals surface area contributed by atoms with Crippen LogP contribution in [0.25, 0.3) is 0 Å². The molecule has 10 N–H and O–H groups in total. The van der Waals surface area contributed by atoms with Gasteiger partial charge in [0.2, 0.25) is 45.0 Å². The van der Waals surface area contributed by atoms with Gasteiger partial charge in [0.05, 0.1) is 0 Å². The Balaban J connectivity index is 1.88. The molecule has 0 aromatic carbocycles. The van der Waals surface area contributed by atoms with Crippen LogP contribution in [0.3, 0.4) is 0 Å². The van der Waals surface area contributed by atoms with Crippen molar-refractivity contribution in [1.29, 1.82) is 0 Å². The number of unbranched alkanes of at least 4 members (excludes halogenated alkanes) is 1. The molecule has 2 fully saturated rings. The van der Waals surface area contributed by atoms with E-state index in [2.05, 4.69) is 226 Å². The molecule has 4 heterocycles. The summed E-state index contributed by atoms with van der Waals surface area (Å²) in [6.45, 7) is 58.6. The van der Waals surface area contributed by atoms with Crippen molar-refractivity contribution in [3.63, 3.8) is 0 Å². The molecular weight excluding hydrogens is 942 g/mol.